The molecule has 3 atom stereocenters. The van der Waals surface area contributed by atoms with Crippen LogP contribution in [0.5, 0.6) is 11.5 Å². The zero-order valence-corrected chi connectivity index (χ0v) is 61.7. The zero-order valence-electron chi connectivity index (χ0n) is 61.7. The van der Waals surface area contributed by atoms with Crippen LogP contribution in [-0.2, 0) is 88.4 Å². The largest absolute Gasteiger partial charge is 0.508 e. The van der Waals surface area contributed by atoms with Crippen LogP contribution in [0.4, 0.5) is 0 Å². The number of hydrogen-bond acceptors (Lipinski definition) is 13. The highest BCUT2D eigenvalue weighted by atomic mass is 16.5. The monoisotopic (exact) mass is 1440 g/mol. The van der Waals surface area contributed by atoms with E-state index >= 15 is 0 Å². The quantitative estimate of drug-likeness (QED) is 0.0419. The van der Waals surface area contributed by atoms with E-state index in [1.165, 1.54) is 114 Å². The maximum absolute atomic E-state index is 13.9. The number of carboxylic acids is 1. The van der Waals surface area contributed by atoms with Crippen molar-refractivity contribution in [3.05, 3.63) is 182 Å². The standard InChI is InChI=1S/C32H41N3O3.C30H35N3O4.C24H31N3O4/c36-31(33-29-24-14-21-13-22(16-24)17-25(29)15-21)30-27-18-23(32(37)38-19-20-7-3-1-4-8-20)11-12-28(27)35(34-30)26-9-5-2-6-10-26;34-29(28-25-13-7-8-14-27(25)33(32-28)23-11-5-2-6-12-23)31-26(30(35)36)19-21-15-17-24(18-16-21)37-20-22-9-3-1-4-10-22;1-31-24(30)20(15-16-11-13-18(28)14-12-16)25-23(29)22-19-9-5-6-10-21(19)27(26-22)17-7-3-2-4-8-17/h1,3-4,7-8,21-26,29H,2,5-6,9-19H2,(H,33,36);1,3-4,9-10,15-18,23,26H,2,5-8,11-14,19-20H2,(H,31,34)(H,35,36);11-14,17,20,28H,2-10,15H2,1H3,(H,25,29). The van der Waals surface area contributed by atoms with Gasteiger partial charge in [0.05, 0.1) is 31.2 Å². The Kier molecular flexibility index (Phi) is 24.1. The lowest BCUT2D eigenvalue weighted by atomic mass is 9.54. The van der Waals surface area contributed by atoms with Crippen LogP contribution < -0.4 is 20.7 Å². The van der Waals surface area contributed by atoms with Crippen molar-refractivity contribution in [3.8, 4) is 11.5 Å². The van der Waals surface area contributed by atoms with Crippen LogP contribution >= 0.6 is 0 Å². The van der Waals surface area contributed by atoms with E-state index in [0.29, 0.717) is 78.5 Å². The van der Waals surface area contributed by atoms with Crippen molar-refractivity contribution in [2.45, 2.75) is 261 Å². The molecule has 106 heavy (non-hydrogen) atoms. The van der Waals surface area contributed by atoms with Crippen molar-refractivity contribution in [1.29, 1.82) is 0 Å². The predicted octanol–water partition coefficient (Wildman–Crippen LogP) is 14.5. The highest BCUT2D eigenvalue weighted by Crippen LogP contribution is 2.54. The number of esters is 2. The molecule has 17 rings (SSSR count). The molecule has 562 valence electrons. The molecule has 3 unspecified atom stereocenters. The SMILES string of the molecule is COC(=O)C(Cc1ccc(O)cc1)NC(=O)c1nn(C2CCCCC2)c2c1CCCC2.O=C(NC(Cc1ccc(OCc2ccccc2)cc1)C(=O)O)c1nn(C2CCCCC2)c2c1CCCC2.O=C(NC1C2CC3CC(C2)CC1C3)c1nn(C2CCCCC2)c2c1CC(C(=O)OCc1ccccc1)CC2. The highest BCUT2D eigenvalue weighted by molar-refractivity contribution is 5.98. The molecule has 5 N–H and O–H groups in total. The number of methoxy groups -OCH3 is 1. The number of rotatable bonds is 21. The molecule has 20 nitrogen and oxygen atoms in total. The number of nitrogens with zero attached hydrogens (tertiary/aromatic N) is 6. The summed E-state index contributed by atoms with van der Waals surface area (Å²) in [6.45, 7) is 0.760. The first-order chi connectivity index (χ1) is 51.8. The molecule has 10 aliphatic carbocycles. The minimum absolute atomic E-state index is 0.00779. The minimum Gasteiger partial charge on any atom is -0.508 e. The highest BCUT2D eigenvalue weighted by Gasteiger charge is 2.49. The molecule has 3 heterocycles. The number of fused-ring (bicyclic) bond motifs is 3. The van der Waals surface area contributed by atoms with E-state index in [1.54, 1.807) is 24.3 Å². The van der Waals surface area contributed by atoms with E-state index in [-0.39, 0.29) is 48.2 Å². The van der Waals surface area contributed by atoms with Crippen LogP contribution in [0, 0.1) is 29.6 Å². The van der Waals surface area contributed by atoms with E-state index in [2.05, 4.69) is 30.0 Å². The Balaban J connectivity index is 0.000000134. The number of carbonyl (C=O) groups is 6. The second-order valence-electron chi connectivity index (χ2n) is 31.8. The maximum atomic E-state index is 13.9. The van der Waals surface area contributed by atoms with Crippen molar-refractivity contribution in [2.75, 3.05) is 7.11 Å². The number of aliphatic carboxylic acids is 1. The number of aromatic nitrogens is 6. The fraction of sp³-hybridized carbons (Fsp3) is 0.547. The first kappa shape index (κ1) is 73.8. The fourth-order valence-corrected chi connectivity index (χ4v) is 19.3. The van der Waals surface area contributed by atoms with Crippen LogP contribution in [0.15, 0.2) is 109 Å². The summed E-state index contributed by atoms with van der Waals surface area (Å²) in [5.41, 5.74) is 11.8. The van der Waals surface area contributed by atoms with Crippen LogP contribution in [0.1, 0.15) is 266 Å². The molecule has 7 aromatic rings. The molecule has 0 radical (unpaired) electrons. The summed E-state index contributed by atoms with van der Waals surface area (Å²) in [5.74, 6) is 1.25. The molecule has 20 heteroatoms. The van der Waals surface area contributed by atoms with Gasteiger partial charge in [-0.3, -0.25) is 33.2 Å². The maximum Gasteiger partial charge on any atom is 0.328 e. The molecule has 7 fully saturated rings. The van der Waals surface area contributed by atoms with Crippen LogP contribution in [0.2, 0.25) is 0 Å². The normalized spacial score (nSPS) is 22.4. The van der Waals surface area contributed by atoms with Gasteiger partial charge in [0.15, 0.2) is 17.1 Å². The summed E-state index contributed by atoms with van der Waals surface area (Å²) in [4.78, 5) is 78.0. The Morgan fingerprint density at radius 2 is 0.915 bits per heavy atom. The van der Waals surface area contributed by atoms with Gasteiger partial charge in [-0.05, 0) is 211 Å². The van der Waals surface area contributed by atoms with Gasteiger partial charge in [-0.2, -0.15) is 15.3 Å². The zero-order chi connectivity index (χ0) is 73.0. The number of carbonyl (C=O) groups excluding carboxylic acids is 5. The van der Waals surface area contributed by atoms with Gasteiger partial charge in [0.1, 0.15) is 36.8 Å². The van der Waals surface area contributed by atoms with Gasteiger partial charge in [0, 0.05) is 52.7 Å². The van der Waals surface area contributed by atoms with Crippen molar-refractivity contribution in [2.24, 2.45) is 29.6 Å². The lowest BCUT2D eigenvalue weighted by Crippen LogP contribution is -2.56. The number of ether oxygens (including phenoxy) is 3. The van der Waals surface area contributed by atoms with Gasteiger partial charge in [-0.15, -0.1) is 0 Å². The predicted molar refractivity (Wildman–Crippen MR) is 401 cm³/mol. The Labute approximate surface area is 622 Å². The Morgan fingerprint density at radius 3 is 1.41 bits per heavy atom. The molecule has 4 bridgehead atoms. The van der Waals surface area contributed by atoms with Gasteiger partial charge in [0.2, 0.25) is 0 Å². The van der Waals surface area contributed by atoms with Gasteiger partial charge in [0.25, 0.3) is 17.7 Å². The Morgan fingerprint density at radius 1 is 0.472 bits per heavy atom. The van der Waals surface area contributed by atoms with Crippen LogP contribution in [0.25, 0.3) is 0 Å². The minimum atomic E-state index is -1.06. The van der Waals surface area contributed by atoms with Gasteiger partial charge < -0.3 is 40.4 Å². The van der Waals surface area contributed by atoms with Crippen molar-refractivity contribution >= 4 is 35.6 Å². The average molecular weight is 1440 g/mol. The molecular weight excluding hydrogens is 1330 g/mol. The molecule has 3 amide bonds. The number of nitrogens with one attached hydrogen (secondary N) is 3. The van der Waals surface area contributed by atoms with Crippen LogP contribution in [0.3, 0.4) is 0 Å². The summed E-state index contributed by atoms with van der Waals surface area (Å²) in [7, 11) is 1.32. The van der Waals surface area contributed by atoms with E-state index < -0.39 is 24.0 Å². The fourth-order valence-electron chi connectivity index (χ4n) is 19.3. The van der Waals surface area contributed by atoms with Crippen molar-refractivity contribution in [1.82, 2.24) is 45.3 Å². The first-order valence-electron chi connectivity index (χ1n) is 40.0. The number of amides is 3. The number of phenols is 1. The molecule has 3 aromatic heterocycles. The molecule has 0 saturated heterocycles. The molecule has 7 saturated carbocycles. The second-order valence-corrected chi connectivity index (χ2v) is 31.8. The average Bonchev–Trinajstić information content (AvgIpc) is 1.43. The Bertz CT molecular complexity index is 4140. The molecular formula is C86H107N9O11. The molecule has 0 aliphatic heterocycles. The van der Waals surface area contributed by atoms with Crippen molar-refractivity contribution < 1.29 is 53.2 Å². The van der Waals surface area contributed by atoms with Gasteiger partial charge >= 0.3 is 17.9 Å². The lowest BCUT2D eigenvalue weighted by molar-refractivity contribution is -0.150. The molecule has 4 aromatic carbocycles. The lowest BCUT2D eigenvalue weighted by Gasteiger charge is -2.54. The smallest absolute Gasteiger partial charge is 0.328 e. The number of phenolic OH excluding ortho intramolecular Hbond substituents is 1. The summed E-state index contributed by atoms with van der Waals surface area (Å²) in [6, 6.07) is 33.3. The number of hydrogen-bond donors (Lipinski definition) is 5. The van der Waals surface area contributed by atoms with Crippen LogP contribution in [-0.4, -0.2) is 100 Å². The van der Waals surface area contributed by atoms with E-state index in [9.17, 15) is 39.0 Å². The third-order valence-electron chi connectivity index (χ3n) is 24.6. The molecule has 0 spiro atoms. The third-order valence-corrected chi connectivity index (χ3v) is 24.6. The summed E-state index contributed by atoms with van der Waals surface area (Å²) >= 11 is 0. The summed E-state index contributed by atoms with van der Waals surface area (Å²) in [6.07, 6.45) is 34.7. The first-order valence-corrected chi connectivity index (χ1v) is 40.0. The van der Waals surface area contributed by atoms with Gasteiger partial charge in [-0.1, -0.05) is 143 Å². The number of benzene rings is 4. The third kappa shape index (κ3) is 17.6. The Hall–Kier alpha value is -9.07. The van der Waals surface area contributed by atoms with E-state index in [1.807, 2.05) is 84.9 Å². The topological polar surface area (TPSA) is 260 Å². The van der Waals surface area contributed by atoms with Gasteiger partial charge in [-0.25, -0.2) is 9.59 Å². The molecule has 10 aliphatic rings. The summed E-state index contributed by atoms with van der Waals surface area (Å²) < 4.78 is 22.9. The van der Waals surface area contributed by atoms with Crippen molar-refractivity contribution in [3.63, 3.8) is 0 Å². The second kappa shape index (κ2) is 34.7. The summed E-state index contributed by atoms with van der Waals surface area (Å²) in [5, 5.41) is 43.1. The van der Waals surface area contributed by atoms with E-state index in [4.69, 9.17) is 29.5 Å². The number of carboxylic acid groups (broad SMARTS) is 1. The van der Waals surface area contributed by atoms with E-state index in [0.717, 1.165) is 154 Å². The number of aromatic hydroxyl groups is 1.